The summed E-state index contributed by atoms with van der Waals surface area (Å²) in [5.74, 6) is 0.539. The van der Waals surface area contributed by atoms with Gasteiger partial charge in [-0.15, -0.1) is 0 Å². The minimum absolute atomic E-state index is 0.227. The summed E-state index contributed by atoms with van der Waals surface area (Å²) >= 11 is 0. The van der Waals surface area contributed by atoms with Gasteiger partial charge in [0.15, 0.2) is 0 Å². The normalized spacial score (nSPS) is 22.9. The number of carbonyl (C=O) groups is 1. The summed E-state index contributed by atoms with van der Waals surface area (Å²) in [5.41, 5.74) is -0.420. The zero-order chi connectivity index (χ0) is 12.2. The third kappa shape index (κ3) is 4.39. The number of ether oxygens (including phenoxy) is 1. The first-order valence-corrected chi connectivity index (χ1v) is 6.12. The van der Waals surface area contributed by atoms with E-state index in [0.717, 1.165) is 25.9 Å². The third-order valence-electron chi connectivity index (χ3n) is 2.81. The van der Waals surface area contributed by atoms with Gasteiger partial charge in [-0.05, 0) is 52.6 Å². The summed E-state index contributed by atoms with van der Waals surface area (Å²) < 4.78 is 5.26. The van der Waals surface area contributed by atoms with Gasteiger partial charge >= 0.3 is 6.09 Å². The molecule has 4 heteroatoms. The van der Waals surface area contributed by atoms with E-state index in [9.17, 15) is 4.79 Å². The van der Waals surface area contributed by atoms with Gasteiger partial charge in [-0.2, -0.15) is 0 Å². The number of rotatable bonds is 3. The van der Waals surface area contributed by atoms with Crippen molar-refractivity contribution in [3.8, 4) is 0 Å². The van der Waals surface area contributed by atoms with Crippen LogP contribution < -0.4 is 10.6 Å². The summed E-state index contributed by atoms with van der Waals surface area (Å²) in [6.07, 6.45) is 1.78. The fraction of sp³-hybridized carbons (Fsp3) is 0.917. The van der Waals surface area contributed by atoms with Gasteiger partial charge in [0.2, 0.25) is 0 Å². The van der Waals surface area contributed by atoms with Gasteiger partial charge in [0.25, 0.3) is 0 Å². The van der Waals surface area contributed by atoms with Crippen molar-refractivity contribution < 1.29 is 9.53 Å². The molecule has 1 saturated heterocycles. The third-order valence-corrected chi connectivity index (χ3v) is 2.81. The number of carbonyl (C=O) groups excluding carboxylic acids is 1. The highest BCUT2D eigenvalue weighted by atomic mass is 16.6. The van der Waals surface area contributed by atoms with E-state index in [4.69, 9.17) is 4.74 Å². The second-order valence-corrected chi connectivity index (χ2v) is 5.41. The fourth-order valence-corrected chi connectivity index (χ4v) is 2.03. The summed E-state index contributed by atoms with van der Waals surface area (Å²) in [4.78, 5) is 11.6. The SMILES string of the molecule is CCC(NC(=O)OC(C)(C)C)[C@@H]1CCNC1. The van der Waals surface area contributed by atoms with Gasteiger partial charge in [-0.25, -0.2) is 4.79 Å². The van der Waals surface area contributed by atoms with Crippen LogP contribution in [0, 0.1) is 5.92 Å². The molecule has 0 radical (unpaired) electrons. The van der Waals surface area contributed by atoms with Crippen molar-refractivity contribution in [1.29, 1.82) is 0 Å². The van der Waals surface area contributed by atoms with E-state index in [1.807, 2.05) is 20.8 Å². The van der Waals surface area contributed by atoms with Crippen LogP contribution in [0.3, 0.4) is 0 Å². The zero-order valence-electron chi connectivity index (χ0n) is 10.8. The number of nitrogens with one attached hydrogen (secondary N) is 2. The summed E-state index contributed by atoms with van der Waals surface area (Å²) in [6, 6.07) is 0.227. The van der Waals surface area contributed by atoms with Gasteiger partial charge in [0.1, 0.15) is 5.60 Å². The van der Waals surface area contributed by atoms with E-state index >= 15 is 0 Å². The van der Waals surface area contributed by atoms with Crippen molar-refractivity contribution in [2.75, 3.05) is 13.1 Å². The summed E-state index contributed by atoms with van der Waals surface area (Å²) in [7, 11) is 0. The van der Waals surface area contributed by atoms with Crippen LogP contribution in [0.4, 0.5) is 4.79 Å². The molecule has 0 aromatic rings. The smallest absolute Gasteiger partial charge is 0.407 e. The molecule has 16 heavy (non-hydrogen) atoms. The van der Waals surface area contributed by atoms with Crippen molar-refractivity contribution in [3.05, 3.63) is 0 Å². The molecule has 1 fully saturated rings. The standard InChI is InChI=1S/C12H24N2O2/c1-5-10(9-6-7-13-8-9)14-11(15)16-12(2,3)4/h9-10,13H,5-8H2,1-4H3,(H,14,15)/t9-,10?/m1/s1. The molecular formula is C12H24N2O2. The van der Waals surface area contributed by atoms with Crippen molar-refractivity contribution in [2.24, 2.45) is 5.92 Å². The maximum Gasteiger partial charge on any atom is 0.407 e. The van der Waals surface area contributed by atoms with E-state index in [1.54, 1.807) is 0 Å². The number of alkyl carbamates (subject to hydrolysis) is 1. The number of hydrogen-bond donors (Lipinski definition) is 2. The molecule has 0 aliphatic carbocycles. The predicted octanol–water partition coefficient (Wildman–Crippen LogP) is 1.90. The number of hydrogen-bond acceptors (Lipinski definition) is 3. The minimum Gasteiger partial charge on any atom is -0.444 e. The molecule has 4 nitrogen and oxygen atoms in total. The predicted molar refractivity (Wildman–Crippen MR) is 64.4 cm³/mol. The molecule has 1 rings (SSSR count). The lowest BCUT2D eigenvalue weighted by atomic mass is 9.97. The van der Waals surface area contributed by atoms with Crippen LogP contribution in [0.5, 0.6) is 0 Å². The molecule has 1 unspecified atom stereocenters. The lowest BCUT2D eigenvalue weighted by Gasteiger charge is -2.26. The molecule has 0 aromatic carbocycles. The van der Waals surface area contributed by atoms with Crippen LogP contribution >= 0.6 is 0 Å². The Balaban J connectivity index is 2.40. The van der Waals surface area contributed by atoms with Crippen LogP contribution in [0.1, 0.15) is 40.5 Å². The van der Waals surface area contributed by atoms with Gasteiger partial charge in [-0.1, -0.05) is 6.92 Å². The van der Waals surface area contributed by atoms with E-state index in [-0.39, 0.29) is 12.1 Å². The van der Waals surface area contributed by atoms with Crippen LogP contribution in [-0.2, 0) is 4.74 Å². The lowest BCUT2D eigenvalue weighted by molar-refractivity contribution is 0.0486. The average Bonchev–Trinajstić information content (AvgIpc) is 2.63. The van der Waals surface area contributed by atoms with Gasteiger partial charge < -0.3 is 15.4 Å². The van der Waals surface area contributed by atoms with Crippen LogP contribution in [-0.4, -0.2) is 30.8 Å². The van der Waals surface area contributed by atoms with Crippen LogP contribution in [0.15, 0.2) is 0 Å². The molecule has 94 valence electrons. The second kappa shape index (κ2) is 5.53. The lowest BCUT2D eigenvalue weighted by Crippen LogP contribution is -2.43. The topological polar surface area (TPSA) is 50.4 Å². The number of amides is 1. The van der Waals surface area contributed by atoms with Crippen molar-refractivity contribution in [3.63, 3.8) is 0 Å². The Morgan fingerprint density at radius 3 is 2.69 bits per heavy atom. The van der Waals surface area contributed by atoms with Gasteiger partial charge in [0, 0.05) is 6.04 Å². The molecule has 0 bridgehead atoms. The largest absolute Gasteiger partial charge is 0.444 e. The Labute approximate surface area is 98.1 Å². The Hall–Kier alpha value is -0.770. The molecule has 1 heterocycles. The first kappa shape index (κ1) is 13.3. The van der Waals surface area contributed by atoms with Gasteiger partial charge in [-0.3, -0.25) is 0 Å². The first-order valence-electron chi connectivity index (χ1n) is 6.12. The second-order valence-electron chi connectivity index (χ2n) is 5.41. The quantitative estimate of drug-likeness (QED) is 0.775. The Morgan fingerprint density at radius 1 is 1.56 bits per heavy atom. The van der Waals surface area contributed by atoms with E-state index in [1.165, 1.54) is 0 Å². The highest BCUT2D eigenvalue weighted by molar-refractivity contribution is 5.68. The monoisotopic (exact) mass is 228 g/mol. The first-order chi connectivity index (χ1) is 7.42. The molecule has 0 saturated carbocycles. The van der Waals surface area contributed by atoms with Crippen molar-refractivity contribution >= 4 is 6.09 Å². The average molecular weight is 228 g/mol. The van der Waals surface area contributed by atoms with Gasteiger partial charge in [0.05, 0.1) is 0 Å². The summed E-state index contributed by atoms with van der Waals surface area (Å²) in [6.45, 7) is 9.78. The Morgan fingerprint density at radius 2 is 2.25 bits per heavy atom. The van der Waals surface area contributed by atoms with Crippen molar-refractivity contribution in [2.45, 2.75) is 52.2 Å². The maximum atomic E-state index is 11.6. The Bertz CT molecular complexity index is 230. The van der Waals surface area contributed by atoms with E-state index in [2.05, 4.69) is 17.6 Å². The molecule has 0 aromatic heterocycles. The highest BCUT2D eigenvalue weighted by Crippen LogP contribution is 2.16. The molecule has 2 atom stereocenters. The molecule has 1 aliphatic rings. The van der Waals surface area contributed by atoms with E-state index < -0.39 is 5.60 Å². The molecule has 2 N–H and O–H groups in total. The molecule has 1 aliphatic heterocycles. The van der Waals surface area contributed by atoms with E-state index in [0.29, 0.717) is 5.92 Å². The van der Waals surface area contributed by atoms with Crippen molar-refractivity contribution in [1.82, 2.24) is 10.6 Å². The zero-order valence-corrected chi connectivity index (χ0v) is 10.8. The molecular weight excluding hydrogens is 204 g/mol. The van der Waals surface area contributed by atoms with Crippen LogP contribution in [0.25, 0.3) is 0 Å². The molecule has 0 spiro atoms. The fourth-order valence-electron chi connectivity index (χ4n) is 2.03. The maximum absolute atomic E-state index is 11.6. The Kier molecular flexibility index (Phi) is 4.59. The summed E-state index contributed by atoms with van der Waals surface area (Å²) in [5, 5.41) is 6.28. The highest BCUT2D eigenvalue weighted by Gasteiger charge is 2.26. The minimum atomic E-state index is -0.420. The van der Waals surface area contributed by atoms with Crippen LogP contribution in [0.2, 0.25) is 0 Å². The molecule has 1 amide bonds.